The summed E-state index contributed by atoms with van der Waals surface area (Å²) in [5.74, 6) is -2.63. The molecule has 1 aromatic carbocycles. The average Bonchev–Trinajstić information content (AvgIpc) is 2.64. The van der Waals surface area contributed by atoms with Gasteiger partial charge in [-0.2, -0.15) is 0 Å². The maximum atomic E-state index is 13.6. The van der Waals surface area contributed by atoms with E-state index < -0.39 is 17.5 Å². The van der Waals surface area contributed by atoms with E-state index in [2.05, 4.69) is 0 Å². The number of rotatable bonds is 1. The van der Waals surface area contributed by atoms with Crippen LogP contribution in [0.15, 0.2) is 24.3 Å². The second-order valence-corrected chi connectivity index (χ2v) is 6.24. The van der Waals surface area contributed by atoms with Crippen LogP contribution in [-0.4, -0.2) is 0 Å². The summed E-state index contributed by atoms with van der Waals surface area (Å²) in [5, 5.41) is 0. The molecule has 0 unspecified atom stereocenters. The monoisotopic (exact) mass is 270 g/mol. The molecule has 0 nitrogen and oxygen atoms in total. The van der Waals surface area contributed by atoms with Crippen molar-refractivity contribution in [1.29, 1.82) is 0 Å². The van der Waals surface area contributed by atoms with Gasteiger partial charge in [-0.15, -0.1) is 11.3 Å². The zero-order chi connectivity index (χ0) is 13.5. The predicted molar refractivity (Wildman–Crippen MR) is 68.3 cm³/mol. The first-order valence-corrected chi connectivity index (χ1v) is 6.36. The van der Waals surface area contributed by atoms with Crippen molar-refractivity contribution >= 4 is 11.3 Å². The minimum atomic E-state index is -0.902. The van der Waals surface area contributed by atoms with Crippen LogP contribution in [0.1, 0.15) is 25.6 Å². The van der Waals surface area contributed by atoms with Crippen molar-refractivity contribution in [2.75, 3.05) is 0 Å². The average molecular weight is 270 g/mol. The third-order valence-electron chi connectivity index (χ3n) is 2.60. The molecule has 0 aliphatic rings. The van der Waals surface area contributed by atoms with Crippen molar-refractivity contribution in [3.05, 3.63) is 46.6 Å². The Balaban J connectivity index is 2.53. The number of halogens is 3. The van der Waals surface area contributed by atoms with Crippen LogP contribution < -0.4 is 0 Å². The van der Waals surface area contributed by atoms with E-state index in [0.717, 1.165) is 4.88 Å². The Morgan fingerprint density at radius 1 is 0.944 bits per heavy atom. The van der Waals surface area contributed by atoms with Crippen molar-refractivity contribution in [2.24, 2.45) is 0 Å². The van der Waals surface area contributed by atoms with Gasteiger partial charge < -0.3 is 0 Å². The predicted octanol–water partition coefficient (Wildman–Crippen LogP) is 5.13. The lowest BCUT2D eigenvalue weighted by atomic mass is 9.95. The van der Waals surface area contributed by atoms with Crippen LogP contribution in [0.4, 0.5) is 13.2 Å². The van der Waals surface area contributed by atoms with Gasteiger partial charge in [0.2, 0.25) is 0 Å². The van der Waals surface area contributed by atoms with Crippen molar-refractivity contribution in [3.8, 4) is 10.4 Å². The second-order valence-electron chi connectivity index (χ2n) is 5.16. The summed E-state index contributed by atoms with van der Waals surface area (Å²) >= 11 is 1.32. The molecule has 0 amide bonds. The van der Waals surface area contributed by atoms with Gasteiger partial charge in [-0.05, 0) is 17.5 Å². The van der Waals surface area contributed by atoms with Gasteiger partial charge in [-0.3, -0.25) is 0 Å². The second kappa shape index (κ2) is 4.43. The fraction of sp³-hybridized carbons (Fsp3) is 0.286. The quantitative estimate of drug-likeness (QED) is 0.674. The Kier molecular flexibility index (Phi) is 3.23. The zero-order valence-corrected chi connectivity index (χ0v) is 11.2. The molecule has 0 N–H and O–H groups in total. The molecule has 4 heteroatoms. The highest BCUT2D eigenvalue weighted by atomic mass is 32.1. The lowest BCUT2D eigenvalue weighted by molar-refractivity contribution is 0.548. The third kappa shape index (κ3) is 2.43. The van der Waals surface area contributed by atoms with Gasteiger partial charge in [0.05, 0.1) is 5.56 Å². The van der Waals surface area contributed by atoms with Crippen molar-refractivity contribution in [1.82, 2.24) is 0 Å². The van der Waals surface area contributed by atoms with E-state index in [-0.39, 0.29) is 11.0 Å². The number of hydrogen-bond donors (Lipinski definition) is 0. The fourth-order valence-corrected chi connectivity index (χ4v) is 2.77. The van der Waals surface area contributed by atoms with E-state index in [1.807, 2.05) is 26.8 Å². The molecule has 2 rings (SSSR count). The first kappa shape index (κ1) is 13.1. The third-order valence-corrected chi connectivity index (χ3v) is 4.13. The first-order valence-electron chi connectivity index (χ1n) is 5.54. The van der Waals surface area contributed by atoms with E-state index >= 15 is 0 Å². The summed E-state index contributed by atoms with van der Waals surface area (Å²) in [6.07, 6.45) is 0. The summed E-state index contributed by atoms with van der Waals surface area (Å²) in [6.45, 7) is 6.08. The molecule has 0 saturated carbocycles. The summed E-state index contributed by atoms with van der Waals surface area (Å²) in [6, 6.07) is 4.93. The van der Waals surface area contributed by atoms with Gasteiger partial charge in [-0.1, -0.05) is 20.8 Å². The summed E-state index contributed by atoms with van der Waals surface area (Å²) < 4.78 is 40.1. The molecule has 0 saturated heterocycles. The molecule has 2 aromatic rings. The molecule has 0 aliphatic carbocycles. The topological polar surface area (TPSA) is 0 Å². The Morgan fingerprint density at radius 2 is 1.50 bits per heavy atom. The highest BCUT2D eigenvalue weighted by Gasteiger charge is 2.20. The van der Waals surface area contributed by atoms with E-state index in [1.54, 1.807) is 6.07 Å². The Hall–Kier alpha value is -1.29. The van der Waals surface area contributed by atoms with Crippen LogP contribution in [0.2, 0.25) is 0 Å². The Morgan fingerprint density at radius 3 is 1.94 bits per heavy atom. The Labute approximate surface area is 108 Å². The highest BCUT2D eigenvalue weighted by Crippen LogP contribution is 2.37. The maximum Gasteiger partial charge on any atom is 0.137 e. The van der Waals surface area contributed by atoms with E-state index in [0.29, 0.717) is 17.0 Å². The molecule has 0 bridgehead atoms. The number of benzene rings is 1. The van der Waals surface area contributed by atoms with Crippen LogP contribution in [0.3, 0.4) is 0 Å². The van der Waals surface area contributed by atoms with Gasteiger partial charge >= 0.3 is 0 Å². The molecule has 0 atom stereocenters. The van der Waals surface area contributed by atoms with Crippen molar-refractivity contribution < 1.29 is 13.2 Å². The van der Waals surface area contributed by atoms with Gasteiger partial charge in [0.15, 0.2) is 0 Å². The van der Waals surface area contributed by atoms with E-state index in [4.69, 9.17) is 0 Å². The molecule has 96 valence electrons. The minimum absolute atomic E-state index is 0.0735. The molecule has 0 fully saturated rings. The molecular weight excluding hydrogens is 257 g/mol. The summed E-state index contributed by atoms with van der Waals surface area (Å²) in [7, 11) is 0. The van der Waals surface area contributed by atoms with Crippen LogP contribution in [0.25, 0.3) is 10.4 Å². The lowest BCUT2D eigenvalue weighted by Crippen LogP contribution is -2.07. The first-order chi connectivity index (χ1) is 8.29. The van der Waals surface area contributed by atoms with Gasteiger partial charge in [0.1, 0.15) is 17.5 Å². The zero-order valence-electron chi connectivity index (χ0n) is 10.4. The molecule has 18 heavy (non-hydrogen) atoms. The van der Waals surface area contributed by atoms with Crippen molar-refractivity contribution in [2.45, 2.75) is 26.2 Å². The van der Waals surface area contributed by atoms with E-state index in [9.17, 15) is 13.2 Å². The van der Waals surface area contributed by atoms with Crippen LogP contribution in [-0.2, 0) is 5.41 Å². The normalized spacial score (nSPS) is 11.9. The summed E-state index contributed by atoms with van der Waals surface area (Å²) in [5.41, 5.74) is -0.229. The summed E-state index contributed by atoms with van der Waals surface area (Å²) in [4.78, 5) is 1.51. The smallest absolute Gasteiger partial charge is 0.137 e. The molecule has 1 aromatic heterocycles. The van der Waals surface area contributed by atoms with Crippen LogP contribution >= 0.6 is 11.3 Å². The molecule has 1 heterocycles. The van der Waals surface area contributed by atoms with Crippen LogP contribution in [0.5, 0.6) is 0 Å². The molecule has 0 spiro atoms. The standard InChI is InChI=1S/C14H13F3S/c1-14(2,3)12-5-4-11(18-12)13-9(16)6-8(15)7-10(13)17/h4-7H,1-3H3. The molecular formula is C14H13F3S. The number of thiophene rings is 1. The van der Waals surface area contributed by atoms with Crippen molar-refractivity contribution in [3.63, 3.8) is 0 Å². The van der Waals surface area contributed by atoms with Gasteiger partial charge in [0, 0.05) is 21.9 Å². The molecule has 0 radical (unpaired) electrons. The van der Waals surface area contributed by atoms with Crippen LogP contribution in [0, 0.1) is 17.5 Å². The fourth-order valence-electron chi connectivity index (χ4n) is 1.65. The SMILES string of the molecule is CC(C)(C)c1ccc(-c2c(F)cc(F)cc2F)s1. The highest BCUT2D eigenvalue weighted by molar-refractivity contribution is 7.15. The van der Waals surface area contributed by atoms with E-state index in [1.165, 1.54) is 11.3 Å². The maximum absolute atomic E-state index is 13.6. The minimum Gasteiger partial charge on any atom is -0.207 e. The number of hydrogen-bond acceptors (Lipinski definition) is 1. The lowest BCUT2D eigenvalue weighted by Gasteiger charge is -2.15. The van der Waals surface area contributed by atoms with Gasteiger partial charge in [0.25, 0.3) is 0 Å². The molecule has 0 aliphatic heterocycles. The largest absolute Gasteiger partial charge is 0.207 e. The Bertz CT molecular complexity index is 556. The van der Waals surface area contributed by atoms with Gasteiger partial charge in [-0.25, -0.2) is 13.2 Å².